The van der Waals surface area contributed by atoms with Crippen LogP contribution in [0.1, 0.15) is 11.1 Å². The number of carbonyl (C=O) groups is 3. The lowest BCUT2D eigenvalue weighted by Crippen LogP contribution is -2.54. The van der Waals surface area contributed by atoms with Gasteiger partial charge in [0, 0.05) is 21.7 Å². The molecule has 38 heavy (non-hydrogen) atoms. The van der Waals surface area contributed by atoms with Crippen molar-refractivity contribution < 1.29 is 33.3 Å². The van der Waals surface area contributed by atoms with Gasteiger partial charge in [0.2, 0.25) is 6.79 Å². The van der Waals surface area contributed by atoms with E-state index in [1.165, 1.54) is 25.3 Å². The van der Waals surface area contributed by atoms with E-state index in [4.69, 9.17) is 42.1 Å². The van der Waals surface area contributed by atoms with Gasteiger partial charge >= 0.3 is 6.03 Å². The molecule has 3 aromatic carbocycles. The molecule has 9 nitrogen and oxygen atoms in total. The zero-order valence-corrected chi connectivity index (χ0v) is 22.6. The number of fused-ring (bicyclic) bond motifs is 1. The summed E-state index contributed by atoms with van der Waals surface area (Å²) in [7, 11) is 1.46. The van der Waals surface area contributed by atoms with Crippen molar-refractivity contribution in [1.29, 1.82) is 0 Å². The summed E-state index contributed by atoms with van der Waals surface area (Å²) in [5.74, 6) is -0.0335. The number of nitrogens with one attached hydrogen (secondary N) is 1. The van der Waals surface area contributed by atoms with E-state index in [2.05, 4.69) is 21.2 Å². The Morgan fingerprint density at radius 3 is 2.61 bits per heavy atom. The third kappa shape index (κ3) is 5.02. The molecule has 0 aromatic heterocycles. The normalized spacial score (nSPS) is 15.6. The van der Waals surface area contributed by atoms with Gasteiger partial charge in [0.05, 0.1) is 17.3 Å². The second-order valence-electron chi connectivity index (χ2n) is 8.05. The van der Waals surface area contributed by atoms with Gasteiger partial charge in [0.15, 0.2) is 23.0 Å². The number of halogens is 3. The highest BCUT2D eigenvalue weighted by Gasteiger charge is 2.37. The van der Waals surface area contributed by atoms with Gasteiger partial charge in [-0.3, -0.25) is 14.9 Å². The maximum absolute atomic E-state index is 13.3. The predicted molar refractivity (Wildman–Crippen MR) is 143 cm³/mol. The molecule has 12 heteroatoms. The summed E-state index contributed by atoms with van der Waals surface area (Å²) in [5, 5.41) is 3.16. The van der Waals surface area contributed by atoms with Gasteiger partial charge in [0.25, 0.3) is 11.8 Å². The van der Waals surface area contributed by atoms with Crippen molar-refractivity contribution in [2.24, 2.45) is 0 Å². The first-order chi connectivity index (χ1) is 18.2. The number of methoxy groups -OCH3 is 1. The van der Waals surface area contributed by atoms with Crippen LogP contribution >= 0.6 is 39.1 Å². The second-order valence-corrected chi connectivity index (χ2v) is 9.75. The minimum atomic E-state index is -0.876. The molecule has 0 unspecified atom stereocenters. The summed E-state index contributed by atoms with van der Waals surface area (Å²) in [4.78, 5) is 39.3. The van der Waals surface area contributed by atoms with Gasteiger partial charge < -0.3 is 18.9 Å². The molecule has 2 aliphatic heterocycles. The fraction of sp³-hybridized carbons (Fsp3) is 0.115. The summed E-state index contributed by atoms with van der Waals surface area (Å²) < 4.78 is 22.5. The molecular weight excluding hydrogens is 603 g/mol. The highest BCUT2D eigenvalue weighted by Crippen LogP contribution is 2.39. The topological polar surface area (TPSA) is 103 Å². The van der Waals surface area contributed by atoms with Crippen LogP contribution in [-0.4, -0.2) is 31.7 Å². The molecule has 1 saturated heterocycles. The van der Waals surface area contributed by atoms with E-state index in [1.54, 1.807) is 36.4 Å². The molecule has 0 radical (unpaired) electrons. The van der Waals surface area contributed by atoms with E-state index in [9.17, 15) is 14.4 Å². The van der Waals surface area contributed by atoms with E-state index in [1.807, 2.05) is 0 Å². The minimum absolute atomic E-state index is 0.0335. The summed E-state index contributed by atoms with van der Waals surface area (Å²) >= 11 is 15.7. The third-order valence-corrected chi connectivity index (χ3v) is 6.84. The Bertz CT molecular complexity index is 1530. The number of amides is 4. The number of barbiturate groups is 1. The SMILES string of the molecule is COc1cc(/C=C2\C(=O)NC(=O)N(c3ccc4c(c3)OCO4)C2=O)cc(Br)c1OCc1ccc(Cl)cc1Cl. The van der Waals surface area contributed by atoms with Crippen LogP contribution in [0.25, 0.3) is 6.08 Å². The zero-order valence-electron chi connectivity index (χ0n) is 19.5. The van der Waals surface area contributed by atoms with Crippen molar-refractivity contribution in [3.05, 3.63) is 79.7 Å². The summed E-state index contributed by atoms with van der Waals surface area (Å²) in [6.07, 6.45) is 1.36. The highest BCUT2D eigenvalue weighted by molar-refractivity contribution is 9.10. The number of urea groups is 1. The van der Waals surface area contributed by atoms with Crippen LogP contribution in [0.3, 0.4) is 0 Å². The first-order valence-corrected chi connectivity index (χ1v) is 12.6. The molecule has 2 aliphatic rings. The molecule has 0 spiro atoms. The highest BCUT2D eigenvalue weighted by atomic mass is 79.9. The zero-order chi connectivity index (χ0) is 27.0. The van der Waals surface area contributed by atoms with Gasteiger partial charge in [-0.05, 0) is 64.0 Å². The van der Waals surface area contributed by atoms with Gasteiger partial charge in [-0.2, -0.15) is 0 Å². The van der Waals surface area contributed by atoms with Crippen LogP contribution in [-0.2, 0) is 16.2 Å². The van der Waals surface area contributed by atoms with E-state index in [0.29, 0.717) is 48.6 Å². The Morgan fingerprint density at radius 2 is 1.84 bits per heavy atom. The van der Waals surface area contributed by atoms with E-state index >= 15 is 0 Å². The Balaban J connectivity index is 1.43. The monoisotopic (exact) mass is 618 g/mol. The Morgan fingerprint density at radius 1 is 1.05 bits per heavy atom. The third-order valence-electron chi connectivity index (χ3n) is 5.67. The van der Waals surface area contributed by atoms with Crippen molar-refractivity contribution in [1.82, 2.24) is 5.32 Å². The molecule has 3 aromatic rings. The Hall–Kier alpha value is -3.73. The largest absolute Gasteiger partial charge is 0.493 e. The molecule has 0 aliphatic carbocycles. The summed E-state index contributed by atoms with van der Waals surface area (Å²) in [5.41, 5.74) is 1.13. The first-order valence-electron chi connectivity index (χ1n) is 11.0. The van der Waals surface area contributed by atoms with Crippen LogP contribution in [0, 0.1) is 0 Å². The number of ether oxygens (including phenoxy) is 4. The minimum Gasteiger partial charge on any atom is -0.493 e. The van der Waals surface area contributed by atoms with Crippen molar-refractivity contribution in [3.8, 4) is 23.0 Å². The van der Waals surface area contributed by atoms with E-state index in [-0.39, 0.29) is 24.7 Å². The predicted octanol–water partition coefficient (Wildman–Crippen LogP) is 5.74. The van der Waals surface area contributed by atoms with Gasteiger partial charge in [-0.25, -0.2) is 9.69 Å². The maximum Gasteiger partial charge on any atom is 0.335 e. The lowest BCUT2D eigenvalue weighted by Gasteiger charge is -2.26. The maximum atomic E-state index is 13.3. The van der Waals surface area contributed by atoms with Gasteiger partial charge in [-0.1, -0.05) is 29.3 Å². The summed E-state index contributed by atoms with van der Waals surface area (Å²) in [6, 6.07) is 12.0. The molecule has 4 amide bonds. The lowest BCUT2D eigenvalue weighted by atomic mass is 10.1. The molecular formula is C26H17BrCl2N2O7. The second kappa shape index (κ2) is 10.6. The number of nitrogens with zero attached hydrogens (tertiary/aromatic N) is 1. The Labute approximate surface area is 234 Å². The average Bonchev–Trinajstić information content (AvgIpc) is 3.34. The number of hydrogen-bond acceptors (Lipinski definition) is 7. The van der Waals surface area contributed by atoms with Crippen molar-refractivity contribution >= 4 is 68.7 Å². The molecule has 0 bridgehead atoms. The van der Waals surface area contributed by atoms with Crippen molar-refractivity contribution in [2.75, 3.05) is 18.8 Å². The number of hydrogen-bond donors (Lipinski definition) is 1. The number of anilines is 1. The van der Waals surface area contributed by atoms with Crippen molar-refractivity contribution in [3.63, 3.8) is 0 Å². The molecule has 0 atom stereocenters. The first kappa shape index (κ1) is 25.9. The molecule has 2 heterocycles. The fourth-order valence-corrected chi connectivity index (χ4v) is 4.87. The number of imide groups is 2. The average molecular weight is 620 g/mol. The Kier molecular flexibility index (Phi) is 7.20. The summed E-state index contributed by atoms with van der Waals surface area (Å²) in [6.45, 7) is 0.171. The number of benzene rings is 3. The lowest BCUT2D eigenvalue weighted by molar-refractivity contribution is -0.122. The van der Waals surface area contributed by atoms with Gasteiger partial charge in [-0.15, -0.1) is 0 Å². The standard InChI is InChI=1S/C26H17BrCl2N2O7/c1-35-22-8-13(7-18(27)23(22)36-11-14-2-3-15(28)9-19(14)29)6-17-24(32)30-26(34)31(25(17)33)16-4-5-20-21(10-16)38-12-37-20/h2-10H,11-12H2,1H3,(H,30,32,34)/b17-6+. The number of rotatable bonds is 6. The molecule has 1 fully saturated rings. The van der Waals surface area contributed by atoms with Crippen LogP contribution in [0.5, 0.6) is 23.0 Å². The number of carbonyl (C=O) groups excluding carboxylic acids is 3. The van der Waals surface area contributed by atoms with Gasteiger partial charge in [0.1, 0.15) is 12.2 Å². The van der Waals surface area contributed by atoms with Crippen LogP contribution in [0.2, 0.25) is 10.0 Å². The smallest absolute Gasteiger partial charge is 0.335 e. The molecule has 1 N–H and O–H groups in total. The molecule has 5 rings (SSSR count). The van der Waals surface area contributed by atoms with Crippen LogP contribution in [0.15, 0.2) is 58.6 Å². The quantitative estimate of drug-likeness (QED) is 0.277. The molecule has 0 saturated carbocycles. The van der Waals surface area contributed by atoms with E-state index < -0.39 is 17.8 Å². The van der Waals surface area contributed by atoms with E-state index in [0.717, 1.165) is 4.90 Å². The van der Waals surface area contributed by atoms with Crippen LogP contribution < -0.4 is 29.2 Å². The molecule has 194 valence electrons. The van der Waals surface area contributed by atoms with Crippen LogP contribution in [0.4, 0.5) is 10.5 Å². The van der Waals surface area contributed by atoms with Crippen molar-refractivity contribution in [2.45, 2.75) is 6.61 Å². The fourth-order valence-electron chi connectivity index (χ4n) is 3.83.